The fraction of sp³-hybridized carbons (Fsp3) is 0.333. The monoisotopic (exact) mass is 365 g/mol. The van der Waals surface area contributed by atoms with Crippen molar-refractivity contribution in [1.29, 1.82) is 0 Å². The van der Waals surface area contributed by atoms with Crippen LogP contribution in [0.5, 0.6) is 0 Å². The van der Waals surface area contributed by atoms with Gasteiger partial charge in [-0.1, -0.05) is 48.5 Å². The van der Waals surface area contributed by atoms with Crippen molar-refractivity contribution in [3.05, 3.63) is 59.7 Å². The molecule has 0 aromatic heterocycles. The first-order valence-corrected chi connectivity index (χ1v) is 9.08. The van der Waals surface area contributed by atoms with Gasteiger partial charge >= 0.3 is 12.1 Å². The summed E-state index contributed by atoms with van der Waals surface area (Å²) in [6, 6.07) is 16.1. The molecule has 0 radical (unpaired) electrons. The van der Waals surface area contributed by atoms with Gasteiger partial charge in [0.2, 0.25) is 0 Å². The van der Waals surface area contributed by atoms with Crippen LogP contribution in [-0.2, 0) is 14.3 Å². The molecule has 2 fully saturated rings. The highest BCUT2D eigenvalue weighted by Crippen LogP contribution is 2.45. The van der Waals surface area contributed by atoms with Gasteiger partial charge in [-0.2, -0.15) is 0 Å². The fourth-order valence-electron chi connectivity index (χ4n) is 4.58. The molecule has 27 heavy (non-hydrogen) atoms. The highest BCUT2D eigenvalue weighted by Gasteiger charge is 2.58. The summed E-state index contributed by atoms with van der Waals surface area (Å²) in [6.45, 7) is 0.525. The molecule has 1 aliphatic carbocycles. The molecule has 2 heterocycles. The van der Waals surface area contributed by atoms with Crippen LogP contribution in [0.3, 0.4) is 0 Å². The SMILES string of the molecule is O=C(OCC1c2ccccc2-c2ccccc21)N1C[C@@]2(C(=O)O)C[C@@H]1CO2. The summed E-state index contributed by atoms with van der Waals surface area (Å²) in [6.07, 6.45) is -0.139. The van der Waals surface area contributed by atoms with Gasteiger partial charge < -0.3 is 14.6 Å². The van der Waals surface area contributed by atoms with Crippen molar-refractivity contribution >= 4 is 12.1 Å². The van der Waals surface area contributed by atoms with Gasteiger partial charge in [-0.25, -0.2) is 9.59 Å². The minimum absolute atomic E-state index is 0.00850. The third-order valence-electron chi connectivity index (χ3n) is 5.94. The van der Waals surface area contributed by atoms with Crippen LogP contribution in [-0.4, -0.2) is 53.5 Å². The molecule has 1 amide bonds. The molecule has 6 heteroatoms. The molecular formula is C21H19NO5. The second kappa shape index (κ2) is 5.82. The van der Waals surface area contributed by atoms with E-state index in [1.807, 2.05) is 24.3 Å². The lowest BCUT2D eigenvalue weighted by molar-refractivity contribution is -0.162. The number of ether oxygens (including phenoxy) is 2. The summed E-state index contributed by atoms with van der Waals surface area (Å²) in [7, 11) is 0. The Labute approximate surface area is 156 Å². The Hall–Kier alpha value is -2.86. The number of rotatable bonds is 3. The average Bonchev–Trinajstić information content (AvgIpc) is 3.37. The molecule has 2 aliphatic heterocycles. The van der Waals surface area contributed by atoms with Gasteiger partial charge in [-0.15, -0.1) is 0 Å². The Bertz CT molecular complexity index is 896. The maximum absolute atomic E-state index is 12.6. The van der Waals surface area contributed by atoms with E-state index in [1.54, 1.807) is 0 Å². The van der Waals surface area contributed by atoms with Gasteiger partial charge in [0.25, 0.3) is 0 Å². The number of carboxylic acid groups (broad SMARTS) is 1. The smallest absolute Gasteiger partial charge is 0.410 e. The lowest BCUT2D eigenvalue weighted by Gasteiger charge is -2.30. The molecular weight excluding hydrogens is 346 g/mol. The lowest BCUT2D eigenvalue weighted by atomic mass is 9.98. The number of carboxylic acids is 1. The maximum atomic E-state index is 12.6. The molecule has 1 N–H and O–H groups in total. The van der Waals surface area contributed by atoms with Crippen LogP contribution in [0.15, 0.2) is 48.5 Å². The number of likely N-dealkylation sites (tertiary alicyclic amines) is 1. The molecule has 0 unspecified atom stereocenters. The minimum atomic E-state index is -1.27. The van der Waals surface area contributed by atoms with Crippen LogP contribution >= 0.6 is 0 Å². The lowest BCUT2D eigenvalue weighted by Crippen LogP contribution is -2.49. The first-order chi connectivity index (χ1) is 13.1. The third-order valence-corrected chi connectivity index (χ3v) is 5.94. The predicted molar refractivity (Wildman–Crippen MR) is 96.5 cm³/mol. The van der Waals surface area contributed by atoms with Crippen molar-refractivity contribution in [1.82, 2.24) is 4.90 Å². The zero-order chi connectivity index (χ0) is 18.6. The van der Waals surface area contributed by atoms with Gasteiger partial charge in [0.15, 0.2) is 5.60 Å². The van der Waals surface area contributed by atoms with Crippen molar-refractivity contribution in [2.45, 2.75) is 24.0 Å². The standard InChI is InChI=1S/C21H19NO5/c23-19(24)21-9-13(10-27-21)22(12-21)20(25)26-11-18-16-7-3-1-5-14(16)15-6-2-4-8-17(15)18/h1-8,13,18H,9-12H2,(H,23,24)/t13-,21-/m1/s1. The first kappa shape index (κ1) is 16.3. The number of nitrogens with zero attached hydrogens (tertiary/aromatic N) is 1. The maximum Gasteiger partial charge on any atom is 0.410 e. The largest absolute Gasteiger partial charge is 0.479 e. The van der Waals surface area contributed by atoms with Crippen LogP contribution in [0, 0.1) is 0 Å². The topological polar surface area (TPSA) is 76.1 Å². The van der Waals surface area contributed by atoms with Crippen LogP contribution < -0.4 is 0 Å². The van der Waals surface area contributed by atoms with E-state index in [0.717, 1.165) is 11.1 Å². The van der Waals surface area contributed by atoms with E-state index in [0.29, 0.717) is 6.42 Å². The molecule has 0 spiro atoms. The number of aliphatic carboxylic acids is 1. The summed E-state index contributed by atoms with van der Waals surface area (Å²) < 4.78 is 11.0. The average molecular weight is 365 g/mol. The highest BCUT2D eigenvalue weighted by atomic mass is 16.6. The Morgan fingerprint density at radius 1 is 1.11 bits per heavy atom. The molecule has 6 nitrogen and oxygen atoms in total. The van der Waals surface area contributed by atoms with Crippen molar-refractivity contribution in [2.75, 3.05) is 19.8 Å². The number of carbonyl (C=O) groups is 2. The molecule has 2 atom stereocenters. The van der Waals surface area contributed by atoms with Crippen LogP contribution in [0.25, 0.3) is 11.1 Å². The zero-order valence-corrected chi connectivity index (χ0v) is 14.6. The van der Waals surface area contributed by atoms with E-state index >= 15 is 0 Å². The van der Waals surface area contributed by atoms with Crippen molar-refractivity contribution in [3.8, 4) is 11.1 Å². The number of hydrogen-bond acceptors (Lipinski definition) is 4. The highest BCUT2D eigenvalue weighted by molar-refractivity contribution is 5.82. The fourth-order valence-corrected chi connectivity index (χ4v) is 4.58. The van der Waals surface area contributed by atoms with E-state index < -0.39 is 17.7 Å². The van der Waals surface area contributed by atoms with E-state index in [1.165, 1.54) is 16.0 Å². The van der Waals surface area contributed by atoms with E-state index in [4.69, 9.17) is 9.47 Å². The molecule has 2 aromatic carbocycles. The van der Waals surface area contributed by atoms with Gasteiger partial charge in [0.05, 0.1) is 19.2 Å². The summed E-state index contributed by atoms with van der Waals surface area (Å²) in [5.74, 6) is -1.02. The Kier molecular flexibility index (Phi) is 3.52. The number of amides is 1. The molecule has 2 saturated heterocycles. The van der Waals surface area contributed by atoms with E-state index in [2.05, 4.69) is 24.3 Å². The Morgan fingerprint density at radius 3 is 2.33 bits per heavy atom. The second-order valence-corrected chi connectivity index (χ2v) is 7.40. The summed E-state index contributed by atoms with van der Waals surface area (Å²) in [5.41, 5.74) is 3.38. The van der Waals surface area contributed by atoms with Crippen LogP contribution in [0.2, 0.25) is 0 Å². The molecule has 0 saturated carbocycles. The number of fused-ring (bicyclic) bond motifs is 5. The number of hydrogen-bond donors (Lipinski definition) is 1. The molecule has 3 aliphatic rings. The molecule has 138 valence electrons. The van der Waals surface area contributed by atoms with Crippen molar-refractivity contribution in [3.63, 3.8) is 0 Å². The number of morpholine rings is 1. The minimum Gasteiger partial charge on any atom is -0.479 e. The molecule has 2 bridgehead atoms. The Balaban J connectivity index is 1.34. The molecule has 5 rings (SSSR count). The van der Waals surface area contributed by atoms with E-state index in [9.17, 15) is 14.7 Å². The zero-order valence-electron chi connectivity index (χ0n) is 14.6. The van der Waals surface area contributed by atoms with Gasteiger partial charge in [-0.3, -0.25) is 4.90 Å². The number of carbonyl (C=O) groups excluding carboxylic acids is 1. The molecule has 2 aromatic rings. The van der Waals surface area contributed by atoms with Gasteiger partial charge in [0.1, 0.15) is 6.61 Å². The van der Waals surface area contributed by atoms with Crippen molar-refractivity contribution < 1.29 is 24.2 Å². The number of benzene rings is 2. The second-order valence-electron chi connectivity index (χ2n) is 7.40. The van der Waals surface area contributed by atoms with E-state index in [-0.39, 0.29) is 31.7 Å². The quantitative estimate of drug-likeness (QED) is 0.905. The van der Waals surface area contributed by atoms with Gasteiger partial charge in [-0.05, 0) is 22.3 Å². The normalized spacial score (nSPS) is 25.3. The summed E-state index contributed by atoms with van der Waals surface area (Å²) >= 11 is 0. The predicted octanol–water partition coefficient (Wildman–Crippen LogP) is 2.86. The third kappa shape index (κ3) is 2.36. The van der Waals surface area contributed by atoms with Crippen LogP contribution in [0.1, 0.15) is 23.5 Å². The summed E-state index contributed by atoms with van der Waals surface area (Å²) in [5, 5.41) is 9.41. The summed E-state index contributed by atoms with van der Waals surface area (Å²) in [4.78, 5) is 25.6. The first-order valence-electron chi connectivity index (χ1n) is 9.08. The van der Waals surface area contributed by atoms with Gasteiger partial charge in [0, 0.05) is 12.3 Å². The van der Waals surface area contributed by atoms with Crippen molar-refractivity contribution in [2.24, 2.45) is 0 Å². The Morgan fingerprint density at radius 2 is 1.74 bits per heavy atom. The van der Waals surface area contributed by atoms with Crippen LogP contribution in [0.4, 0.5) is 4.79 Å².